The van der Waals surface area contributed by atoms with Gasteiger partial charge in [0.05, 0.1) is 0 Å². The van der Waals surface area contributed by atoms with Gasteiger partial charge in [0.15, 0.2) is 0 Å². The van der Waals surface area contributed by atoms with Gasteiger partial charge in [-0.05, 0) is 56.5 Å². The predicted octanol–water partition coefficient (Wildman–Crippen LogP) is 2.74. The summed E-state index contributed by atoms with van der Waals surface area (Å²) in [7, 11) is 0. The van der Waals surface area contributed by atoms with Gasteiger partial charge in [0.25, 0.3) is 0 Å². The molecule has 0 aromatic heterocycles. The van der Waals surface area contributed by atoms with Crippen molar-refractivity contribution in [2.45, 2.75) is 51.4 Å². The average Bonchev–Trinajstić information content (AvgIpc) is 2.97. The molecule has 0 radical (unpaired) electrons. The Kier molecular flexibility index (Phi) is 6.16. The van der Waals surface area contributed by atoms with E-state index in [0.29, 0.717) is 17.7 Å². The molecule has 1 amide bonds. The maximum Gasteiger partial charge on any atom is 0.223 e. The zero-order chi connectivity index (χ0) is 13.1. The van der Waals surface area contributed by atoms with Crippen LogP contribution >= 0.6 is 12.4 Å². The lowest BCUT2D eigenvalue weighted by atomic mass is 9.67. The summed E-state index contributed by atoms with van der Waals surface area (Å²) >= 11 is 0. The van der Waals surface area contributed by atoms with Crippen LogP contribution in [-0.2, 0) is 4.79 Å². The van der Waals surface area contributed by atoms with Crippen LogP contribution in [0.5, 0.6) is 0 Å². The molecule has 4 unspecified atom stereocenters. The highest BCUT2D eigenvalue weighted by Crippen LogP contribution is 2.42. The summed E-state index contributed by atoms with van der Waals surface area (Å²) in [5.41, 5.74) is 0. The van der Waals surface area contributed by atoms with Crippen LogP contribution in [0.15, 0.2) is 0 Å². The molecule has 1 saturated heterocycles. The van der Waals surface area contributed by atoms with Crippen molar-refractivity contribution < 1.29 is 4.79 Å². The van der Waals surface area contributed by atoms with E-state index < -0.39 is 0 Å². The highest BCUT2D eigenvalue weighted by atomic mass is 35.5. The van der Waals surface area contributed by atoms with Crippen molar-refractivity contribution in [3.05, 3.63) is 0 Å². The zero-order valence-electron chi connectivity index (χ0n) is 12.4. The smallest absolute Gasteiger partial charge is 0.223 e. The molecule has 4 atom stereocenters. The third kappa shape index (κ3) is 3.88. The topological polar surface area (TPSA) is 41.1 Å². The Hall–Kier alpha value is -0.280. The van der Waals surface area contributed by atoms with Gasteiger partial charge in [0.2, 0.25) is 5.91 Å². The van der Waals surface area contributed by atoms with Crippen molar-refractivity contribution in [2.75, 3.05) is 19.6 Å². The fraction of sp³-hybridized carbons (Fsp3) is 0.938. The summed E-state index contributed by atoms with van der Waals surface area (Å²) in [4.78, 5) is 12.3. The van der Waals surface area contributed by atoms with Gasteiger partial charge in [0.1, 0.15) is 0 Å². The molecule has 1 heterocycles. The van der Waals surface area contributed by atoms with Gasteiger partial charge in [-0.15, -0.1) is 12.4 Å². The van der Waals surface area contributed by atoms with Crippen LogP contribution in [0.1, 0.15) is 51.4 Å². The minimum atomic E-state index is 0. The van der Waals surface area contributed by atoms with E-state index in [4.69, 9.17) is 0 Å². The third-order valence-electron chi connectivity index (χ3n) is 5.64. The fourth-order valence-electron chi connectivity index (χ4n) is 4.39. The Morgan fingerprint density at radius 3 is 2.60 bits per heavy atom. The average molecular weight is 301 g/mol. The summed E-state index contributed by atoms with van der Waals surface area (Å²) < 4.78 is 0. The lowest BCUT2D eigenvalue weighted by Gasteiger charge is -2.38. The minimum absolute atomic E-state index is 0. The molecule has 3 fully saturated rings. The van der Waals surface area contributed by atoms with Crippen LogP contribution in [0.2, 0.25) is 0 Å². The molecular formula is C16H29ClN2O. The number of carbonyl (C=O) groups excluding carboxylic acids is 1. The van der Waals surface area contributed by atoms with Crippen LogP contribution in [-0.4, -0.2) is 25.5 Å². The summed E-state index contributed by atoms with van der Waals surface area (Å²) in [5, 5.41) is 6.57. The number of fused-ring (bicyclic) bond motifs is 1. The summed E-state index contributed by atoms with van der Waals surface area (Å²) in [6, 6.07) is 0. The molecule has 3 nitrogen and oxygen atoms in total. The number of halogens is 1. The molecule has 3 rings (SSSR count). The molecule has 2 N–H and O–H groups in total. The largest absolute Gasteiger partial charge is 0.356 e. The molecule has 2 aliphatic carbocycles. The molecule has 4 heteroatoms. The fourth-order valence-corrected chi connectivity index (χ4v) is 4.39. The minimum Gasteiger partial charge on any atom is -0.356 e. The maximum atomic E-state index is 12.3. The molecule has 0 aromatic rings. The van der Waals surface area contributed by atoms with E-state index in [2.05, 4.69) is 10.6 Å². The second-order valence-electron chi connectivity index (χ2n) is 6.92. The van der Waals surface area contributed by atoms with E-state index in [1.807, 2.05) is 0 Å². The second kappa shape index (κ2) is 7.65. The first-order valence-corrected chi connectivity index (χ1v) is 8.31. The normalized spacial score (nSPS) is 36.8. The van der Waals surface area contributed by atoms with Crippen molar-refractivity contribution in [3.63, 3.8) is 0 Å². The van der Waals surface area contributed by atoms with Gasteiger partial charge in [-0.1, -0.05) is 25.7 Å². The highest BCUT2D eigenvalue weighted by Gasteiger charge is 2.35. The molecule has 2 saturated carbocycles. The molecule has 116 valence electrons. The summed E-state index contributed by atoms with van der Waals surface area (Å²) in [6.45, 7) is 3.08. The number of nitrogens with one attached hydrogen (secondary N) is 2. The van der Waals surface area contributed by atoms with Gasteiger partial charge >= 0.3 is 0 Å². The first-order valence-electron chi connectivity index (χ1n) is 8.31. The highest BCUT2D eigenvalue weighted by molar-refractivity contribution is 5.85. The van der Waals surface area contributed by atoms with E-state index in [1.54, 1.807) is 0 Å². The Morgan fingerprint density at radius 2 is 1.85 bits per heavy atom. The maximum absolute atomic E-state index is 12.3. The Morgan fingerprint density at radius 1 is 1.05 bits per heavy atom. The summed E-state index contributed by atoms with van der Waals surface area (Å²) in [5.74, 6) is 3.11. The van der Waals surface area contributed by atoms with Crippen molar-refractivity contribution >= 4 is 18.3 Å². The third-order valence-corrected chi connectivity index (χ3v) is 5.64. The number of rotatable bonds is 3. The number of hydrogen-bond acceptors (Lipinski definition) is 2. The van der Waals surface area contributed by atoms with Crippen molar-refractivity contribution in [1.29, 1.82) is 0 Å². The van der Waals surface area contributed by atoms with Crippen molar-refractivity contribution in [3.8, 4) is 0 Å². The molecule has 0 bridgehead atoms. The Bertz CT molecular complexity index is 318. The van der Waals surface area contributed by atoms with Crippen molar-refractivity contribution in [1.82, 2.24) is 10.6 Å². The van der Waals surface area contributed by atoms with Gasteiger partial charge in [-0.3, -0.25) is 4.79 Å². The van der Waals surface area contributed by atoms with Gasteiger partial charge in [0, 0.05) is 12.5 Å². The molecular weight excluding hydrogens is 272 g/mol. The number of carbonyl (C=O) groups is 1. The Balaban J connectivity index is 0.00000147. The molecule has 3 aliphatic rings. The van der Waals surface area contributed by atoms with E-state index in [-0.39, 0.29) is 12.4 Å². The molecule has 1 aliphatic heterocycles. The molecule has 20 heavy (non-hydrogen) atoms. The molecule has 0 spiro atoms. The number of hydrogen-bond donors (Lipinski definition) is 2. The van der Waals surface area contributed by atoms with Crippen molar-refractivity contribution in [2.24, 2.45) is 23.7 Å². The van der Waals surface area contributed by atoms with E-state index in [1.165, 1.54) is 44.9 Å². The van der Waals surface area contributed by atoms with Crippen LogP contribution in [0.3, 0.4) is 0 Å². The predicted molar refractivity (Wildman–Crippen MR) is 84.0 cm³/mol. The van der Waals surface area contributed by atoms with Gasteiger partial charge in [-0.2, -0.15) is 0 Å². The van der Waals surface area contributed by atoms with E-state index in [0.717, 1.165) is 37.9 Å². The van der Waals surface area contributed by atoms with E-state index >= 15 is 0 Å². The lowest BCUT2D eigenvalue weighted by Crippen LogP contribution is -2.39. The van der Waals surface area contributed by atoms with Crippen LogP contribution < -0.4 is 10.6 Å². The van der Waals surface area contributed by atoms with Crippen LogP contribution in [0.4, 0.5) is 0 Å². The van der Waals surface area contributed by atoms with Gasteiger partial charge < -0.3 is 10.6 Å². The first kappa shape index (κ1) is 16.1. The Labute approximate surface area is 129 Å². The van der Waals surface area contributed by atoms with E-state index in [9.17, 15) is 4.79 Å². The SMILES string of the molecule is Cl.O=C(NCC1CCNC1)C1CCC2CCCCC2C1. The zero-order valence-corrected chi connectivity index (χ0v) is 13.2. The standard InChI is InChI=1S/C16H28N2O.ClH/c19-16(18-11-12-7-8-17-10-12)15-6-5-13-3-1-2-4-14(13)9-15;/h12-15,17H,1-11H2,(H,18,19);1H. The van der Waals surface area contributed by atoms with Crippen LogP contribution in [0, 0.1) is 23.7 Å². The van der Waals surface area contributed by atoms with Crippen LogP contribution in [0.25, 0.3) is 0 Å². The molecule has 0 aromatic carbocycles. The number of amides is 1. The second-order valence-corrected chi connectivity index (χ2v) is 6.92. The lowest BCUT2D eigenvalue weighted by molar-refractivity contribution is -0.127. The summed E-state index contributed by atoms with van der Waals surface area (Å²) in [6.07, 6.45) is 10.4. The van der Waals surface area contributed by atoms with Gasteiger partial charge in [-0.25, -0.2) is 0 Å². The monoisotopic (exact) mass is 300 g/mol. The quantitative estimate of drug-likeness (QED) is 0.841. The first-order chi connectivity index (χ1) is 9.33.